The van der Waals surface area contributed by atoms with Crippen LogP contribution in [0.25, 0.3) is 5.70 Å². The molecule has 0 N–H and O–H groups in total. The van der Waals surface area contributed by atoms with E-state index in [1.807, 2.05) is 49.4 Å². The molecule has 1 unspecified atom stereocenters. The highest BCUT2D eigenvalue weighted by Gasteiger charge is 2.39. The number of rotatable bonds is 4. The van der Waals surface area contributed by atoms with E-state index in [0.717, 1.165) is 39.0 Å². The molecule has 0 bridgehead atoms. The largest absolute Gasteiger partial charge is 0.497 e. The summed E-state index contributed by atoms with van der Waals surface area (Å²) >= 11 is 1.60. The van der Waals surface area contributed by atoms with Crippen LogP contribution in [-0.2, 0) is 4.79 Å². The van der Waals surface area contributed by atoms with Gasteiger partial charge in [-0.2, -0.15) is 0 Å². The van der Waals surface area contributed by atoms with Crippen molar-refractivity contribution < 1.29 is 9.53 Å². The second kappa shape index (κ2) is 7.08. The molecule has 0 saturated heterocycles. The molecule has 0 radical (unpaired) electrons. The van der Waals surface area contributed by atoms with E-state index in [4.69, 9.17) is 9.73 Å². The Labute approximate surface area is 163 Å². The minimum atomic E-state index is -0.206. The zero-order valence-electron chi connectivity index (χ0n) is 15.5. The number of ether oxygens (including phenoxy) is 1. The molecule has 2 heterocycles. The summed E-state index contributed by atoms with van der Waals surface area (Å²) in [5.41, 5.74) is 4.72. The van der Waals surface area contributed by atoms with Crippen molar-refractivity contribution >= 4 is 28.4 Å². The molecule has 0 aliphatic carbocycles. The molecule has 2 aliphatic heterocycles. The number of aliphatic imine (C=N–C) groups is 1. The van der Waals surface area contributed by atoms with E-state index in [0.29, 0.717) is 0 Å². The summed E-state index contributed by atoms with van der Waals surface area (Å²) in [4.78, 5) is 19.4. The molecule has 2 aromatic carbocycles. The van der Waals surface area contributed by atoms with Crippen molar-refractivity contribution in [1.29, 1.82) is 0 Å². The molecule has 4 rings (SSSR count). The second-order valence-corrected chi connectivity index (χ2v) is 7.32. The fourth-order valence-corrected chi connectivity index (χ4v) is 4.52. The minimum absolute atomic E-state index is 0.0421. The Hall–Kier alpha value is -2.79. The maximum absolute atomic E-state index is 12.5. The lowest BCUT2D eigenvalue weighted by molar-refractivity contribution is -0.114. The van der Waals surface area contributed by atoms with Crippen LogP contribution in [0.2, 0.25) is 0 Å². The van der Waals surface area contributed by atoms with Crippen molar-refractivity contribution in [1.82, 2.24) is 4.90 Å². The Kier molecular flexibility index (Phi) is 4.62. The number of fused-ring (bicyclic) bond motifs is 1. The van der Waals surface area contributed by atoms with Crippen LogP contribution < -0.4 is 4.74 Å². The maximum Gasteiger partial charge on any atom is 0.173 e. The van der Waals surface area contributed by atoms with E-state index < -0.39 is 0 Å². The van der Waals surface area contributed by atoms with Gasteiger partial charge in [0.25, 0.3) is 0 Å². The first-order valence-corrected chi connectivity index (χ1v) is 9.64. The predicted octanol–water partition coefficient (Wildman–Crippen LogP) is 5.02. The highest BCUT2D eigenvalue weighted by Crippen LogP contribution is 2.46. The molecule has 2 aliphatic rings. The van der Waals surface area contributed by atoms with Crippen molar-refractivity contribution in [3.05, 3.63) is 82.4 Å². The van der Waals surface area contributed by atoms with Crippen LogP contribution in [0.4, 0.5) is 0 Å². The molecule has 2 aromatic rings. The van der Waals surface area contributed by atoms with Crippen molar-refractivity contribution in [2.24, 2.45) is 4.99 Å². The van der Waals surface area contributed by atoms with Crippen LogP contribution in [0, 0.1) is 0 Å². The molecule has 27 heavy (non-hydrogen) atoms. The number of hydrogen-bond acceptors (Lipinski definition) is 5. The number of hydrogen-bond donors (Lipinski definition) is 0. The number of allylic oxidation sites excluding steroid dienone is 1. The van der Waals surface area contributed by atoms with Crippen LogP contribution in [-0.4, -0.2) is 23.0 Å². The number of thioether (sulfide) groups is 1. The first kappa shape index (κ1) is 17.6. The predicted molar refractivity (Wildman–Crippen MR) is 110 cm³/mol. The van der Waals surface area contributed by atoms with Crippen LogP contribution in [0.5, 0.6) is 5.75 Å². The number of nitrogens with zero attached hydrogens (tertiary/aromatic N) is 2. The van der Waals surface area contributed by atoms with Gasteiger partial charge in [-0.05, 0) is 37.1 Å². The van der Waals surface area contributed by atoms with Gasteiger partial charge in [-0.3, -0.25) is 4.79 Å². The van der Waals surface area contributed by atoms with Crippen LogP contribution in [0.3, 0.4) is 0 Å². The van der Waals surface area contributed by atoms with Crippen LogP contribution >= 0.6 is 11.8 Å². The Morgan fingerprint density at radius 3 is 2.44 bits per heavy atom. The lowest BCUT2D eigenvalue weighted by atomic mass is 9.91. The van der Waals surface area contributed by atoms with E-state index in [1.54, 1.807) is 25.8 Å². The monoisotopic (exact) mass is 376 g/mol. The number of carbonyl (C=O) groups excluding carboxylic acids is 1. The molecule has 136 valence electrons. The van der Waals surface area contributed by atoms with Gasteiger partial charge in [-0.1, -0.05) is 54.2 Å². The topological polar surface area (TPSA) is 41.9 Å². The minimum Gasteiger partial charge on any atom is -0.497 e. The Bertz CT molecular complexity index is 975. The lowest BCUT2D eigenvalue weighted by Gasteiger charge is -2.36. The second-order valence-electron chi connectivity index (χ2n) is 6.48. The molecule has 0 spiro atoms. The van der Waals surface area contributed by atoms with Gasteiger partial charge in [0.2, 0.25) is 0 Å². The van der Waals surface area contributed by atoms with E-state index in [1.165, 1.54) is 0 Å². The highest BCUT2D eigenvalue weighted by atomic mass is 32.2. The van der Waals surface area contributed by atoms with E-state index in [2.05, 4.69) is 22.4 Å². The summed E-state index contributed by atoms with van der Waals surface area (Å²) in [5.74, 6) is 0.837. The van der Waals surface area contributed by atoms with Gasteiger partial charge >= 0.3 is 0 Å². The van der Waals surface area contributed by atoms with E-state index >= 15 is 0 Å². The molecule has 0 fully saturated rings. The van der Waals surface area contributed by atoms with Gasteiger partial charge in [0.15, 0.2) is 11.0 Å². The number of methoxy groups -OCH3 is 1. The molecular formula is C22H20N2O2S. The quantitative estimate of drug-likeness (QED) is 0.752. The number of Topliss-reactive ketones (excluding diaryl/α,β-unsaturated/α-hetero) is 1. The molecule has 0 saturated carbocycles. The van der Waals surface area contributed by atoms with Crippen LogP contribution in [0.15, 0.2) is 76.3 Å². The average molecular weight is 376 g/mol. The third-order valence-corrected chi connectivity index (χ3v) is 5.65. The van der Waals surface area contributed by atoms with Gasteiger partial charge in [0.05, 0.1) is 18.8 Å². The van der Waals surface area contributed by atoms with E-state index in [9.17, 15) is 4.79 Å². The summed E-state index contributed by atoms with van der Waals surface area (Å²) in [5, 5.41) is 3.01. The zero-order valence-corrected chi connectivity index (χ0v) is 16.3. The van der Waals surface area contributed by atoms with Crippen LogP contribution in [0.1, 0.15) is 31.0 Å². The standard InChI is InChI=1S/C22H20N2O2S/c1-14-20(15(2)25)21(17-9-11-18(26-3)12-10-17)24-19(13-27-22(24)23-14)16-7-5-4-6-8-16/h4-13,21H,1-3H3. The van der Waals surface area contributed by atoms with Gasteiger partial charge in [-0.15, -0.1) is 0 Å². The van der Waals surface area contributed by atoms with Gasteiger partial charge in [-0.25, -0.2) is 4.99 Å². The normalized spacial score (nSPS) is 18.8. The maximum atomic E-state index is 12.5. The number of amidine groups is 1. The Morgan fingerprint density at radius 1 is 1.11 bits per heavy atom. The first-order chi connectivity index (χ1) is 13.1. The van der Waals surface area contributed by atoms with Crippen molar-refractivity contribution in [2.75, 3.05) is 7.11 Å². The van der Waals surface area contributed by atoms with Crippen molar-refractivity contribution in [2.45, 2.75) is 19.9 Å². The first-order valence-electron chi connectivity index (χ1n) is 8.76. The van der Waals surface area contributed by atoms with Gasteiger partial charge in [0.1, 0.15) is 5.75 Å². The third kappa shape index (κ3) is 3.08. The molecular weight excluding hydrogens is 356 g/mol. The highest BCUT2D eigenvalue weighted by molar-refractivity contribution is 8.16. The average Bonchev–Trinajstić information content (AvgIpc) is 3.11. The molecule has 5 heteroatoms. The summed E-state index contributed by atoms with van der Waals surface area (Å²) in [6, 6.07) is 17.9. The zero-order chi connectivity index (χ0) is 19.0. The summed E-state index contributed by atoms with van der Waals surface area (Å²) in [6.45, 7) is 3.53. The van der Waals surface area contributed by atoms with Crippen molar-refractivity contribution in [3.8, 4) is 5.75 Å². The number of ketones is 1. The number of benzene rings is 2. The summed E-state index contributed by atoms with van der Waals surface area (Å²) < 4.78 is 5.30. The Balaban J connectivity index is 1.86. The fraction of sp³-hybridized carbons (Fsp3) is 0.182. The van der Waals surface area contributed by atoms with Gasteiger partial charge < -0.3 is 9.64 Å². The molecule has 0 amide bonds. The fourth-order valence-electron chi connectivity index (χ4n) is 3.55. The third-order valence-electron chi connectivity index (χ3n) is 4.81. The molecule has 1 atom stereocenters. The number of carbonyl (C=O) groups is 1. The summed E-state index contributed by atoms with van der Waals surface area (Å²) in [6.07, 6.45) is 0. The molecule has 4 nitrogen and oxygen atoms in total. The lowest BCUT2D eigenvalue weighted by Crippen LogP contribution is -2.35. The Morgan fingerprint density at radius 2 is 1.81 bits per heavy atom. The van der Waals surface area contributed by atoms with E-state index in [-0.39, 0.29) is 11.8 Å². The smallest absolute Gasteiger partial charge is 0.173 e. The SMILES string of the molecule is COc1ccc(C2C(C(C)=O)=C(C)N=C3SC=C(c4ccccc4)N32)cc1. The van der Waals surface area contributed by atoms with Gasteiger partial charge in [0, 0.05) is 16.7 Å². The summed E-state index contributed by atoms with van der Waals surface area (Å²) in [7, 11) is 1.65. The molecule has 0 aromatic heterocycles. The van der Waals surface area contributed by atoms with Crippen molar-refractivity contribution in [3.63, 3.8) is 0 Å².